The van der Waals surface area contributed by atoms with E-state index in [0.29, 0.717) is 71.5 Å². The van der Waals surface area contributed by atoms with E-state index in [9.17, 15) is 0 Å². The van der Waals surface area contributed by atoms with E-state index < -0.39 is 8.32 Å². The molecule has 44 heavy (non-hydrogen) atoms. The second kappa shape index (κ2) is 17.6. The topological polar surface area (TPSA) is 46.0 Å². The van der Waals surface area contributed by atoms with Gasteiger partial charge in [-0.15, -0.1) is 0 Å². The molecular weight excluding hydrogens is 555 g/mol. The zero-order valence-electron chi connectivity index (χ0n) is 31.4. The third kappa shape index (κ3) is 11.0. The second-order valence-corrected chi connectivity index (χ2v) is 22.0. The molecule has 0 aromatic carbocycles. The fourth-order valence-corrected chi connectivity index (χ4v) is 9.71. The normalized spacial score (nSPS) is 33.2. The van der Waals surface area contributed by atoms with Gasteiger partial charge in [-0.1, -0.05) is 68.2 Å². The Morgan fingerprint density at radius 1 is 0.636 bits per heavy atom. The van der Waals surface area contributed by atoms with Gasteiger partial charge in [0, 0.05) is 30.1 Å². The van der Waals surface area contributed by atoms with E-state index >= 15 is 0 Å². The largest absolute Gasteiger partial charge is 0.418 e. The van der Waals surface area contributed by atoms with Crippen LogP contribution in [0.3, 0.4) is 0 Å². The maximum absolute atomic E-state index is 6.24. The van der Waals surface area contributed by atoms with Gasteiger partial charge in [0.2, 0.25) is 0 Å². The van der Waals surface area contributed by atoms with E-state index in [1.807, 2.05) is 0 Å². The molecule has 0 bridgehead atoms. The number of hydrogen-bond acceptors (Lipinski definition) is 4. The standard InChI is InChI=1S/C39H75N3OSi/c1-26(2)31-18-15-19-32(27(3)4)38(31)40-30(9)35-23-17-24-36(41-35)37(22-13-14-25-43-44(10,11)12)42-39-33(28(5)6)20-16-21-34(39)29(7)8/h26-29,31-36,38-39,41H,13-25H2,1-12H3. The van der Waals surface area contributed by atoms with Crippen molar-refractivity contribution in [2.75, 3.05) is 6.61 Å². The third-order valence-electron chi connectivity index (χ3n) is 11.7. The van der Waals surface area contributed by atoms with E-state index in [1.165, 1.54) is 75.6 Å². The minimum absolute atomic E-state index is 0.380. The lowest BCUT2D eigenvalue weighted by atomic mass is 9.68. The van der Waals surface area contributed by atoms with Gasteiger partial charge in [0.05, 0.1) is 12.1 Å². The predicted octanol–water partition coefficient (Wildman–Crippen LogP) is 10.6. The van der Waals surface area contributed by atoms with Gasteiger partial charge < -0.3 is 9.74 Å². The SMILES string of the molecule is CC(=NC1C(C(C)C)CCCC1C(C)C)C1CCCC(C(CCCCO[Si](C)(C)C)=NC2C(C(C)C)CCCC2C(C)C)N1. The van der Waals surface area contributed by atoms with Crippen LogP contribution in [0.4, 0.5) is 0 Å². The van der Waals surface area contributed by atoms with Crippen LogP contribution in [0.5, 0.6) is 0 Å². The number of rotatable bonds is 14. The van der Waals surface area contributed by atoms with Crippen molar-refractivity contribution in [3.8, 4) is 0 Å². The average Bonchev–Trinajstić information content (AvgIpc) is 2.95. The molecule has 256 valence electrons. The van der Waals surface area contributed by atoms with Crippen molar-refractivity contribution >= 4 is 19.7 Å². The zero-order chi connectivity index (χ0) is 32.6. The molecular formula is C39H75N3OSi. The van der Waals surface area contributed by atoms with Crippen LogP contribution >= 0.6 is 0 Å². The highest BCUT2D eigenvalue weighted by Crippen LogP contribution is 2.41. The lowest BCUT2D eigenvalue weighted by Gasteiger charge is -2.42. The molecule has 1 aliphatic heterocycles. The van der Waals surface area contributed by atoms with Gasteiger partial charge in [-0.2, -0.15) is 0 Å². The number of hydrogen-bond donors (Lipinski definition) is 1. The Kier molecular flexibility index (Phi) is 15.2. The van der Waals surface area contributed by atoms with Crippen molar-refractivity contribution in [2.45, 2.75) is 183 Å². The molecule has 5 heteroatoms. The molecule has 0 aromatic rings. The molecule has 2 saturated carbocycles. The fraction of sp³-hybridized carbons (Fsp3) is 0.949. The quantitative estimate of drug-likeness (QED) is 0.118. The van der Waals surface area contributed by atoms with Gasteiger partial charge in [0.25, 0.3) is 0 Å². The summed E-state index contributed by atoms with van der Waals surface area (Å²) in [6, 6.07) is 1.71. The van der Waals surface area contributed by atoms with Crippen LogP contribution in [0.2, 0.25) is 19.6 Å². The Balaban J connectivity index is 1.86. The van der Waals surface area contributed by atoms with E-state index in [2.05, 4.69) is 87.3 Å². The van der Waals surface area contributed by atoms with Crippen LogP contribution in [0.1, 0.15) is 139 Å². The predicted molar refractivity (Wildman–Crippen MR) is 197 cm³/mol. The first-order valence-electron chi connectivity index (χ1n) is 19.2. The van der Waals surface area contributed by atoms with Crippen molar-refractivity contribution in [2.24, 2.45) is 57.3 Å². The molecule has 0 amide bonds. The number of aliphatic imine (C=N–C) groups is 2. The highest BCUT2D eigenvalue weighted by atomic mass is 28.4. The summed E-state index contributed by atoms with van der Waals surface area (Å²) in [7, 11) is -1.47. The van der Waals surface area contributed by atoms with Gasteiger partial charge in [-0.3, -0.25) is 9.98 Å². The first-order valence-corrected chi connectivity index (χ1v) is 22.6. The van der Waals surface area contributed by atoms with Gasteiger partial charge in [0.1, 0.15) is 0 Å². The summed E-state index contributed by atoms with van der Waals surface area (Å²) in [5.41, 5.74) is 2.83. The maximum Gasteiger partial charge on any atom is 0.183 e. The van der Waals surface area contributed by atoms with Gasteiger partial charge in [-0.05, 0) is 138 Å². The molecule has 0 spiro atoms. The maximum atomic E-state index is 6.24. The number of nitrogens with zero attached hydrogens (tertiary/aromatic N) is 2. The van der Waals surface area contributed by atoms with Gasteiger partial charge >= 0.3 is 0 Å². The first-order chi connectivity index (χ1) is 20.7. The van der Waals surface area contributed by atoms with E-state index in [1.54, 1.807) is 0 Å². The molecule has 1 saturated heterocycles. The van der Waals surface area contributed by atoms with Crippen LogP contribution < -0.4 is 5.32 Å². The Morgan fingerprint density at radius 3 is 1.52 bits per heavy atom. The molecule has 0 aromatic heterocycles. The van der Waals surface area contributed by atoms with Crippen molar-refractivity contribution in [1.29, 1.82) is 0 Å². The molecule has 0 radical (unpaired) electrons. The zero-order valence-corrected chi connectivity index (χ0v) is 32.4. The molecule has 1 heterocycles. The van der Waals surface area contributed by atoms with Crippen LogP contribution in [-0.2, 0) is 4.43 Å². The van der Waals surface area contributed by atoms with Crippen molar-refractivity contribution in [3.63, 3.8) is 0 Å². The molecule has 3 aliphatic rings. The number of unbranched alkanes of at least 4 members (excludes halogenated alkanes) is 1. The van der Waals surface area contributed by atoms with E-state index in [4.69, 9.17) is 14.4 Å². The van der Waals surface area contributed by atoms with Crippen LogP contribution in [0.25, 0.3) is 0 Å². The molecule has 6 atom stereocenters. The fourth-order valence-electron chi connectivity index (χ4n) is 8.95. The third-order valence-corrected chi connectivity index (χ3v) is 12.7. The lowest BCUT2D eigenvalue weighted by molar-refractivity contribution is 0.142. The summed E-state index contributed by atoms with van der Waals surface area (Å²) in [6.45, 7) is 29.6. The van der Waals surface area contributed by atoms with Crippen molar-refractivity contribution < 1.29 is 4.43 Å². The molecule has 6 unspecified atom stereocenters. The number of nitrogens with one attached hydrogen (secondary N) is 1. The molecule has 1 N–H and O–H groups in total. The highest BCUT2D eigenvalue weighted by molar-refractivity contribution is 6.69. The summed E-state index contributed by atoms with van der Waals surface area (Å²) in [6.07, 6.45) is 15.2. The summed E-state index contributed by atoms with van der Waals surface area (Å²) >= 11 is 0. The van der Waals surface area contributed by atoms with E-state index in [0.717, 1.165) is 19.4 Å². The van der Waals surface area contributed by atoms with Crippen LogP contribution in [0.15, 0.2) is 9.98 Å². The minimum Gasteiger partial charge on any atom is -0.418 e. The van der Waals surface area contributed by atoms with Gasteiger partial charge in [0.15, 0.2) is 8.32 Å². The van der Waals surface area contributed by atoms with Crippen LogP contribution in [-0.4, -0.2) is 50.5 Å². The summed E-state index contributed by atoms with van der Waals surface area (Å²) in [4.78, 5) is 11.5. The first kappa shape index (κ1) is 37.9. The lowest BCUT2D eigenvalue weighted by Crippen LogP contribution is -2.51. The Hall–Kier alpha value is -0.523. The smallest absolute Gasteiger partial charge is 0.183 e. The molecule has 4 nitrogen and oxygen atoms in total. The summed E-state index contributed by atoms with van der Waals surface area (Å²) < 4.78 is 6.24. The average molecular weight is 630 g/mol. The van der Waals surface area contributed by atoms with Crippen LogP contribution in [0, 0.1) is 47.3 Å². The summed E-state index contributed by atoms with van der Waals surface area (Å²) in [5.74, 6) is 5.63. The molecule has 2 aliphatic carbocycles. The Labute approximate surface area is 276 Å². The monoisotopic (exact) mass is 630 g/mol. The molecule has 3 fully saturated rings. The summed E-state index contributed by atoms with van der Waals surface area (Å²) in [5, 5.41) is 4.19. The number of piperidine rings is 1. The van der Waals surface area contributed by atoms with Crippen molar-refractivity contribution in [1.82, 2.24) is 5.32 Å². The Bertz CT molecular complexity index is 872. The van der Waals surface area contributed by atoms with Crippen molar-refractivity contribution in [3.05, 3.63) is 0 Å². The van der Waals surface area contributed by atoms with Gasteiger partial charge in [-0.25, -0.2) is 0 Å². The highest BCUT2D eigenvalue weighted by Gasteiger charge is 2.39. The Morgan fingerprint density at radius 2 is 1.07 bits per heavy atom. The second-order valence-electron chi connectivity index (χ2n) is 17.5. The molecule has 3 rings (SSSR count). The van der Waals surface area contributed by atoms with E-state index in [-0.39, 0.29) is 0 Å². The minimum atomic E-state index is -1.47.